The predicted molar refractivity (Wildman–Crippen MR) is 113 cm³/mol. The van der Waals surface area contributed by atoms with Crippen LogP contribution in [0.5, 0.6) is 5.75 Å². The average molecular weight is 434 g/mol. The number of nitrogens with one attached hydrogen (secondary N) is 1. The summed E-state index contributed by atoms with van der Waals surface area (Å²) in [5.74, 6) is 0.819. The molecule has 0 aromatic heterocycles. The van der Waals surface area contributed by atoms with E-state index in [1.807, 2.05) is 24.3 Å². The number of methoxy groups -OCH3 is 1. The lowest BCUT2D eigenvalue weighted by Crippen LogP contribution is -3.06. The molecule has 0 saturated carbocycles. The predicted octanol–water partition coefficient (Wildman–Crippen LogP) is 3.55. The van der Waals surface area contributed by atoms with Gasteiger partial charge in [-0.2, -0.15) is 0 Å². The number of quaternary nitrogens is 1. The van der Waals surface area contributed by atoms with Crippen LogP contribution in [0.2, 0.25) is 0 Å². The fraction of sp³-hybridized carbons (Fsp3) is 0.500. The third-order valence-electron chi connectivity index (χ3n) is 5.30. The van der Waals surface area contributed by atoms with Crippen LogP contribution in [-0.2, 0) is 11.2 Å². The molecule has 1 heterocycles. The van der Waals surface area contributed by atoms with Crippen LogP contribution >= 0.6 is 15.9 Å². The van der Waals surface area contributed by atoms with E-state index < -0.39 is 0 Å². The summed E-state index contributed by atoms with van der Waals surface area (Å²) < 4.78 is 6.57. The number of hydrogen-bond acceptors (Lipinski definition) is 2. The van der Waals surface area contributed by atoms with Crippen LogP contribution in [0.15, 0.2) is 34.8 Å². The standard InChI is InChI=1S/C22H29BrN2O2/c1-21(2)12-16(13-22(3,4)25-21)24-20(26)11-18-17-8-7-15(23)10-14(17)6-9-19(18)27-5/h6-10,16,25H,11-13H2,1-5H3,(H,24,26)/p+1. The molecular weight excluding hydrogens is 404 g/mol. The number of hydrogen-bond donors (Lipinski definition) is 2. The molecule has 1 aliphatic rings. The van der Waals surface area contributed by atoms with Crippen molar-refractivity contribution in [3.63, 3.8) is 0 Å². The minimum absolute atomic E-state index is 0.0576. The highest BCUT2D eigenvalue weighted by Gasteiger charge is 2.42. The molecule has 2 aromatic rings. The molecule has 5 heteroatoms. The molecule has 0 atom stereocenters. The summed E-state index contributed by atoms with van der Waals surface area (Å²) >= 11 is 3.52. The number of halogens is 1. The van der Waals surface area contributed by atoms with Crippen molar-refractivity contribution in [2.45, 2.75) is 64.1 Å². The molecule has 0 spiro atoms. The Labute approximate surface area is 170 Å². The summed E-state index contributed by atoms with van der Waals surface area (Å²) in [4.78, 5) is 12.9. The minimum Gasteiger partial charge on any atom is -0.496 e. The summed E-state index contributed by atoms with van der Waals surface area (Å²) in [6.45, 7) is 8.99. The zero-order valence-electron chi connectivity index (χ0n) is 16.9. The van der Waals surface area contributed by atoms with Crippen molar-refractivity contribution < 1.29 is 14.8 Å². The molecule has 146 valence electrons. The van der Waals surface area contributed by atoms with Crippen LogP contribution in [-0.4, -0.2) is 30.1 Å². The highest BCUT2D eigenvalue weighted by atomic mass is 79.9. The summed E-state index contributed by atoms with van der Waals surface area (Å²) in [5.41, 5.74) is 1.20. The third-order valence-corrected chi connectivity index (χ3v) is 5.79. The van der Waals surface area contributed by atoms with Crippen molar-refractivity contribution in [1.29, 1.82) is 0 Å². The van der Waals surface area contributed by atoms with Crippen LogP contribution < -0.4 is 15.4 Å². The molecule has 1 amide bonds. The van der Waals surface area contributed by atoms with Gasteiger partial charge >= 0.3 is 0 Å². The van der Waals surface area contributed by atoms with E-state index in [0.29, 0.717) is 6.42 Å². The molecule has 2 aromatic carbocycles. The van der Waals surface area contributed by atoms with E-state index in [1.165, 1.54) is 0 Å². The molecule has 3 rings (SSSR count). The Bertz CT molecular complexity index is 845. The smallest absolute Gasteiger partial charge is 0.224 e. The minimum atomic E-state index is 0.0576. The molecule has 27 heavy (non-hydrogen) atoms. The van der Waals surface area contributed by atoms with Gasteiger partial charge < -0.3 is 15.4 Å². The number of rotatable bonds is 4. The lowest BCUT2D eigenvalue weighted by molar-refractivity contribution is -0.787. The van der Waals surface area contributed by atoms with Gasteiger partial charge in [0.1, 0.15) is 5.75 Å². The maximum absolute atomic E-state index is 12.9. The van der Waals surface area contributed by atoms with Crippen molar-refractivity contribution >= 4 is 32.6 Å². The third kappa shape index (κ3) is 4.82. The first-order valence-corrected chi connectivity index (χ1v) is 10.3. The van der Waals surface area contributed by atoms with Gasteiger partial charge in [-0.3, -0.25) is 4.79 Å². The number of fused-ring (bicyclic) bond motifs is 1. The van der Waals surface area contributed by atoms with Gasteiger partial charge in [0.25, 0.3) is 0 Å². The van der Waals surface area contributed by atoms with Gasteiger partial charge in [-0.1, -0.05) is 28.1 Å². The van der Waals surface area contributed by atoms with Crippen molar-refractivity contribution in [2.24, 2.45) is 0 Å². The number of carbonyl (C=O) groups is 1. The van der Waals surface area contributed by atoms with E-state index in [0.717, 1.165) is 39.4 Å². The maximum atomic E-state index is 12.9. The molecule has 1 saturated heterocycles. The molecule has 0 radical (unpaired) electrons. The molecule has 0 aliphatic carbocycles. The highest BCUT2D eigenvalue weighted by molar-refractivity contribution is 9.10. The van der Waals surface area contributed by atoms with E-state index in [2.05, 4.69) is 60.3 Å². The van der Waals surface area contributed by atoms with Crippen molar-refractivity contribution in [3.05, 3.63) is 40.4 Å². The molecule has 3 N–H and O–H groups in total. The second-order valence-corrected chi connectivity index (χ2v) is 10.00. The van der Waals surface area contributed by atoms with E-state index in [1.54, 1.807) is 7.11 Å². The summed E-state index contributed by atoms with van der Waals surface area (Å²) in [6.07, 6.45) is 2.27. The fourth-order valence-electron chi connectivity index (χ4n) is 4.78. The number of amides is 1. The Morgan fingerprint density at radius 3 is 2.48 bits per heavy atom. The Morgan fingerprint density at radius 1 is 1.19 bits per heavy atom. The van der Waals surface area contributed by atoms with Crippen molar-refractivity contribution in [2.75, 3.05) is 7.11 Å². The van der Waals surface area contributed by atoms with Crippen LogP contribution in [0.3, 0.4) is 0 Å². The summed E-state index contributed by atoms with van der Waals surface area (Å²) in [6, 6.07) is 10.3. The van der Waals surface area contributed by atoms with E-state index in [4.69, 9.17) is 4.74 Å². The molecule has 0 bridgehead atoms. The fourth-order valence-corrected chi connectivity index (χ4v) is 5.16. The lowest BCUT2D eigenvalue weighted by atomic mass is 9.79. The monoisotopic (exact) mass is 433 g/mol. The second kappa shape index (κ2) is 7.44. The number of carbonyl (C=O) groups excluding carboxylic acids is 1. The topological polar surface area (TPSA) is 54.9 Å². The lowest BCUT2D eigenvalue weighted by Gasteiger charge is -2.43. The number of piperidine rings is 1. The molecule has 1 aliphatic heterocycles. The zero-order chi connectivity index (χ0) is 19.8. The van der Waals surface area contributed by atoms with Gasteiger partial charge in [-0.15, -0.1) is 0 Å². The molecular formula is C22H30BrN2O2+. The molecule has 0 unspecified atom stereocenters. The van der Waals surface area contributed by atoms with E-state index >= 15 is 0 Å². The quantitative estimate of drug-likeness (QED) is 0.774. The van der Waals surface area contributed by atoms with Crippen molar-refractivity contribution in [3.8, 4) is 5.75 Å². The number of benzene rings is 2. The SMILES string of the molecule is COc1ccc2cc(Br)ccc2c1CC(=O)NC1CC(C)(C)[NH2+]C(C)(C)C1. The van der Waals surface area contributed by atoms with Gasteiger partial charge in [0.2, 0.25) is 5.91 Å². The Kier molecular flexibility index (Phi) is 5.55. The Morgan fingerprint density at radius 2 is 1.85 bits per heavy atom. The van der Waals surface area contributed by atoms with Gasteiger partial charge in [-0.25, -0.2) is 0 Å². The summed E-state index contributed by atoms with van der Waals surface area (Å²) in [5, 5.41) is 7.87. The largest absolute Gasteiger partial charge is 0.496 e. The van der Waals surface area contributed by atoms with Crippen LogP contribution in [0.25, 0.3) is 10.8 Å². The van der Waals surface area contributed by atoms with Gasteiger partial charge in [0, 0.05) is 28.9 Å². The molecule has 4 nitrogen and oxygen atoms in total. The number of nitrogens with two attached hydrogens (primary N) is 1. The Balaban J connectivity index is 1.82. The van der Waals surface area contributed by atoms with Crippen LogP contribution in [0, 0.1) is 0 Å². The Hall–Kier alpha value is -1.59. The average Bonchev–Trinajstić information content (AvgIpc) is 2.51. The normalized spacial score (nSPS) is 19.0. The molecule has 1 fully saturated rings. The van der Waals surface area contributed by atoms with Gasteiger partial charge in [0.05, 0.1) is 24.6 Å². The van der Waals surface area contributed by atoms with Gasteiger partial charge in [0.15, 0.2) is 0 Å². The van der Waals surface area contributed by atoms with Gasteiger partial charge in [-0.05, 0) is 56.7 Å². The first-order chi connectivity index (χ1) is 12.6. The van der Waals surface area contributed by atoms with Crippen LogP contribution in [0.1, 0.15) is 46.1 Å². The maximum Gasteiger partial charge on any atom is 0.224 e. The zero-order valence-corrected chi connectivity index (χ0v) is 18.4. The first-order valence-electron chi connectivity index (χ1n) is 9.50. The first kappa shape index (κ1) is 20.2. The van der Waals surface area contributed by atoms with Crippen molar-refractivity contribution in [1.82, 2.24) is 5.32 Å². The second-order valence-electron chi connectivity index (χ2n) is 9.08. The van der Waals surface area contributed by atoms with Crippen LogP contribution in [0.4, 0.5) is 0 Å². The summed E-state index contributed by atoms with van der Waals surface area (Å²) in [7, 11) is 1.66. The highest BCUT2D eigenvalue weighted by Crippen LogP contribution is 2.30. The van der Waals surface area contributed by atoms with E-state index in [-0.39, 0.29) is 23.0 Å². The number of ether oxygens (including phenoxy) is 1. The van der Waals surface area contributed by atoms with E-state index in [9.17, 15) is 4.79 Å².